The molecule has 0 aliphatic carbocycles. The molecule has 1 heterocycles. The topological polar surface area (TPSA) is 165 Å². The molecule has 3 aromatic rings. The summed E-state index contributed by atoms with van der Waals surface area (Å²) in [7, 11) is 0. The number of unbranched alkanes of at least 4 members (excludes halogenated alkanes) is 24. The first kappa shape index (κ1) is 75.8. The van der Waals surface area contributed by atoms with Gasteiger partial charge in [-0.1, -0.05) is 259 Å². The fraction of sp³-hybridized carbons (Fsp3) is 0.671. The van der Waals surface area contributed by atoms with Crippen molar-refractivity contribution in [3.63, 3.8) is 0 Å². The van der Waals surface area contributed by atoms with Gasteiger partial charge in [-0.2, -0.15) is 0 Å². The van der Waals surface area contributed by atoms with Crippen LogP contribution >= 0.6 is 0 Å². The molecular formula is C73H115N5O11. The molecule has 0 N–H and O–H groups in total. The predicted octanol–water partition coefficient (Wildman–Crippen LogP) is 13.3. The molecule has 0 atom stereocenters. The Labute approximate surface area is 536 Å². The van der Waals surface area contributed by atoms with Crippen molar-refractivity contribution in [2.24, 2.45) is 0 Å². The van der Waals surface area contributed by atoms with Crippen molar-refractivity contribution in [1.29, 1.82) is 0 Å². The Morgan fingerprint density at radius 2 is 0.562 bits per heavy atom. The van der Waals surface area contributed by atoms with Crippen molar-refractivity contribution in [3.8, 4) is 0 Å². The van der Waals surface area contributed by atoms with E-state index in [2.05, 4.69) is 13.8 Å². The molecule has 3 aromatic carbocycles. The van der Waals surface area contributed by atoms with Gasteiger partial charge in [0, 0.05) is 65.2 Å². The second-order valence-corrected chi connectivity index (χ2v) is 24.4. The van der Waals surface area contributed by atoms with E-state index in [1.54, 1.807) is 4.90 Å². The van der Waals surface area contributed by atoms with Crippen LogP contribution in [0.3, 0.4) is 0 Å². The SMILES string of the molecule is CCCCCCCCCCCCCCCC(=O)OCCN(CCOC(=O)CCCCCCCCCCCCCCC)C(=O)CN1CCN(CC(=O)OCc2ccccc2)CCN(CC(=O)OCc2ccccc2)CCN(CC(=O)OCc2ccccc2)CC1. The molecule has 1 saturated heterocycles. The largest absolute Gasteiger partial charge is 0.464 e. The summed E-state index contributed by atoms with van der Waals surface area (Å²) in [5, 5.41) is 0. The van der Waals surface area contributed by atoms with Crippen molar-refractivity contribution in [2.75, 3.05) is 105 Å². The molecule has 0 radical (unpaired) electrons. The molecule has 0 aromatic heterocycles. The quantitative estimate of drug-likeness (QED) is 0.0298. The van der Waals surface area contributed by atoms with Crippen LogP contribution in [0.15, 0.2) is 91.0 Å². The van der Waals surface area contributed by atoms with E-state index in [-0.39, 0.29) is 90.1 Å². The first-order chi connectivity index (χ1) is 43.6. The normalized spacial score (nSPS) is 13.9. The molecular weight excluding hydrogens is 1120 g/mol. The Morgan fingerprint density at radius 1 is 0.315 bits per heavy atom. The average molecular weight is 1240 g/mol. The number of hydrogen-bond acceptors (Lipinski definition) is 15. The lowest BCUT2D eigenvalue weighted by Crippen LogP contribution is -2.50. The van der Waals surface area contributed by atoms with Crippen LogP contribution in [0.25, 0.3) is 0 Å². The summed E-state index contributed by atoms with van der Waals surface area (Å²) >= 11 is 0. The van der Waals surface area contributed by atoms with E-state index in [0.29, 0.717) is 65.2 Å². The van der Waals surface area contributed by atoms with Crippen molar-refractivity contribution < 1.29 is 52.5 Å². The van der Waals surface area contributed by atoms with Gasteiger partial charge in [-0.3, -0.25) is 48.4 Å². The fourth-order valence-corrected chi connectivity index (χ4v) is 11.0. The van der Waals surface area contributed by atoms with Gasteiger partial charge in [-0.15, -0.1) is 0 Å². The Kier molecular flexibility index (Phi) is 43.4. The minimum atomic E-state index is -0.406. The molecule has 0 bridgehead atoms. The Morgan fingerprint density at radius 3 is 0.831 bits per heavy atom. The number of carbonyl (C=O) groups excluding carboxylic acids is 6. The van der Waals surface area contributed by atoms with E-state index in [1.807, 2.05) is 111 Å². The summed E-state index contributed by atoms with van der Waals surface area (Å²) in [6.45, 7) is 8.04. The van der Waals surface area contributed by atoms with E-state index in [9.17, 15) is 28.8 Å². The highest BCUT2D eigenvalue weighted by Crippen LogP contribution is 2.16. The maximum absolute atomic E-state index is 14.7. The summed E-state index contributed by atoms with van der Waals surface area (Å²) in [5.74, 6) is -2.03. The molecule has 0 unspecified atom stereocenters. The summed E-state index contributed by atoms with van der Waals surface area (Å²) in [4.78, 5) is 90.9. The third kappa shape index (κ3) is 39.9. The predicted molar refractivity (Wildman–Crippen MR) is 354 cm³/mol. The van der Waals surface area contributed by atoms with Gasteiger partial charge in [0.05, 0.1) is 39.3 Å². The highest BCUT2D eigenvalue weighted by molar-refractivity contribution is 5.78. The summed E-state index contributed by atoms with van der Waals surface area (Å²) < 4.78 is 28.7. The van der Waals surface area contributed by atoms with Gasteiger partial charge in [-0.25, -0.2) is 0 Å². The first-order valence-corrected chi connectivity index (χ1v) is 34.7. The third-order valence-corrected chi connectivity index (χ3v) is 16.6. The number of amides is 1. The van der Waals surface area contributed by atoms with Gasteiger partial charge in [0.25, 0.3) is 0 Å². The van der Waals surface area contributed by atoms with Crippen LogP contribution < -0.4 is 0 Å². The van der Waals surface area contributed by atoms with E-state index in [0.717, 1.165) is 55.2 Å². The van der Waals surface area contributed by atoms with E-state index in [1.165, 1.54) is 128 Å². The molecule has 16 heteroatoms. The lowest BCUT2D eigenvalue weighted by atomic mass is 10.0. The molecule has 1 aliphatic rings. The standard InChI is InChI=1S/C73H115N5O11/c1-3-5-7-9-11-13-15-17-19-21-23-25-36-44-69(80)85-56-54-78(55-57-86-70(81)45-37-26-24-22-20-18-16-14-12-10-8-6-4-2)68(79)58-74-46-48-75(59-71(82)87-62-65-38-30-27-31-39-65)50-52-77(61-73(84)89-64-67-42-34-29-35-43-67)53-51-76(49-47-74)60-72(83)88-63-66-40-32-28-33-41-66/h27-35,38-43H,3-26,36-37,44-64H2,1-2H3. The molecule has 4 rings (SSSR count). The summed E-state index contributed by atoms with van der Waals surface area (Å²) in [6.07, 6.45) is 32.2. The molecule has 1 amide bonds. The van der Waals surface area contributed by atoms with Crippen LogP contribution in [0.5, 0.6) is 0 Å². The fourth-order valence-electron chi connectivity index (χ4n) is 11.0. The lowest BCUT2D eigenvalue weighted by Gasteiger charge is -2.34. The number of rotatable bonds is 48. The molecule has 498 valence electrons. The highest BCUT2D eigenvalue weighted by atomic mass is 16.5. The molecule has 0 spiro atoms. The Bertz CT molecular complexity index is 2170. The van der Waals surface area contributed by atoms with Crippen LogP contribution in [0, 0.1) is 0 Å². The molecule has 89 heavy (non-hydrogen) atoms. The number of hydrogen-bond donors (Lipinski definition) is 0. The molecule has 1 fully saturated rings. The van der Waals surface area contributed by atoms with Crippen LogP contribution in [-0.2, 0) is 72.3 Å². The Hall–Kier alpha value is -5.68. The minimum absolute atomic E-state index is 0.00393. The number of esters is 5. The van der Waals surface area contributed by atoms with Crippen LogP contribution in [0.1, 0.15) is 210 Å². The zero-order valence-corrected chi connectivity index (χ0v) is 55.1. The van der Waals surface area contributed by atoms with Crippen molar-refractivity contribution in [1.82, 2.24) is 24.5 Å². The van der Waals surface area contributed by atoms with Gasteiger partial charge < -0.3 is 28.6 Å². The average Bonchev–Trinajstić information content (AvgIpc) is 3.63. The zero-order valence-electron chi connectivity index (χ0n) is 55.1. The maximum Gasteiger partial charge on any atom is 0.320 e. The summed E-state index contributed by atoms with van der Waals surface area (Å²) in [6, 6.07) is 28.5. The van der Waals surface area contributed by atoms with Gasteiger partial charge in [0.1, 0.15) is 33.0 Å². The zero-order chi connectivity index (χ0) is 63.5. The second-order valence-electron chi connectivity index (χ2n) is 24.4. The highest BCUT2D eigenvalue weighted by Gasteiger charge is 2.25. The van der Waals surface area contributed by atoms with Crippen molar-refractivity contribution in [2.45, 2.75) is 213 Å². The maximum atomic E-state index is 14.7. The van der Waals surface area contributed by atoms with Crippen molar-refractivity contribution in [3.05, 3.63) is 108 Å². The van der Waals surface area contributed by atoms with E-state index < -0.39 is 17.9 Å². The van der Waals surface area contributed by atoms with Gasteiger partial charge >= 0.3 is 29.8 Å². The number of ether oxygens (including phenoxy) is 5. The van der Waals surface area contributed by atoms with E-state index >= 15 is 0 Å². The second kappa shape index (κ2) is 51.0. The van der Waals surface area contributed by atoms with Crippen LogP contribution in [-0.4, -0.2) is 165 Å². The summed E-state index contributed by atoms with van der Waals surface area (Å²) in [5.41, 5.74) is 2.61. The van der Waals surface area contributed by atoms with Crippen LogP contribution in [0.2, 0.25) is 0 Å². The monoisotopic (exact) mass is 1240 g/mol. The molecule has 0 saturated carbocycles. The van der Waals surface area contributed by atoms with Gasteiger partial charge in [0.2, 0.25) is 5.91 Å². The number of carbonyl (C=O) groups is 6. The Balaban J connectivity index is 1.42. The van der Waals surface area contributed by atoms with Crippen molar-refractivity contribution >= 4 is 35.8 Å². The van der Waals surface area contributed by atoms with E-state index in [4.69, 9.17) is 23.7 Å². The van der Waals surface area contributed by atoms with Crippen LogP contribution in [0.4, 0.5) is 0 Å². The molecule has 16 nitrogen and oxygen atoms in total. The van der Waals surface area contributed by atoms with Gasteiger partial charge in [-0.05, 0) is 29.5 Å². The van der Waals surface area contributed by atoms with Gasteiger partial charge in [0.15, 0.2) is 0 Å². The number of benzene rings is 3. The molecule has 1 aliphatic heterocycles. The minimum Gasteiger partial charge on any atom is -0.464 e. The lowest BCUT2D eigenvalue weighted by molar-refractivity contribution is -0.148. The third-order valence-electron chi connectivity index (χ3n) is 16.6. The number of nitrogens with zero attached hydrogens (tertiary/aromatic N) is 5. The smallest absolute Gasteiger partial charge is 0.320 e. The first-order valence-electron chi connectivity index (χ1n) is 34.7.